The van der Waals surface area contributed by atoms with Gasteiger partial charge in [-0.25, -0.2) is 9.40 Å². The van der Waals surface area contributed by atoms with Gasteiger partial charge in [0.1, 0.15) is 5.82 Å². The number of aromatic nitrogens is 2. The minimum Gasteiger partial charge on any atom is -0.754 e. The molecule has 0 saturated heterocycles. The van der Waals surface area contributed by atoms with Gasteiger partial charge in [-0.15, -0.1) is 0 Å². The van der Waals surface area contributed by atoms with Crippen LogP contribution < -0.4 is 9.84 Å². The van der Waals surface area contributed by atoms with E-state index in [2.05, 4.69) is 26.3 Å². The summed E-state index contributed by atoms with van der Waals surface area (Å²) in [5, 5.41) is 0.617. The molecule has 0 radical (unpaired) electrons. The minimum absolute atomic E-state index is 0.299. The second-order valence-electron chi connectivity index (χ2n) is 7.47. The highest BCUT2D eigenvalue weighted by molar-refractivity contribution is 9.10. The lowest BCUT2D eigenvalue weighted by atomic mass is 10.1. The molecule has 4 aromatic rings. The van der Waals surface area contributed by atoms with Crippen molar-refractivity contribution in [3.8, 4) is 0 Å². The van der Waals surface area contributed by atoms with Gasteiger partial charge in [-0.3, -0.25) is 14.4 Å². The van der Waals surface area contributed by atoms with Crippen LogP contribution in [0.25, 0.3) is 11.0 Å². The minimum atomic E-state index is -2.70. The zero-order valence-corrected chi connectivity index (χ0v) is 20.9. The third-order valence-electron chi connectivity index (χ3n) is 5.17. The van der Waals surface area contributed by atoms with E-state index < -0.39 is 17.2 Å². The number of rotatable bonds is 6. The van der Waals surface area contributed by atoms with Crippen molar-refractivity contribution in [1.82, 2.24) is 15.0 Å². The Kier molecular flexibility index (Phi) is 6.85. The number of nitrogens with zero attached hydrogens (tertiary/aromatic N) is 3. The van der Waals surface area contributed by atoms with Crippen molar-refractivity contribution >= 4 is 61.4 Å². The molecule has 1 heterocycles. The number of halogens is 2. The van der Waals surface area contributed by atoms with Gasteiger partial charge in [-0.05, 0) is 61.9 Å². The van der Waals surface area contributed by atoms with Gasteiger partial charge in [0.25, 0.3) is 5.91 Å². The second kappa shape index (κ2) is 9.64. The van der Waals surface area contributed by atoms with Crippen LogP contribution in [0.2, 0.25) is 5.02 Å². The van der Waals surface area contributed by atoms with Crippen molar-refractivity contribution in [3.63, 3.8) is 0 Å². The molecule has 0 spiro atoms. The molecule has 1 atom stereocenters. The lowest BCUT2D eigenvalue weighted by Gasteiger charge is -2.26. The Morgan fingerprint density at radius 2 is 1.88 bits per heavy atom. The maximum atomic E-state index is 12.9. The van der Waals surface area contributed by atoms with Crippen molar-refractivity contribution in [2.45, 2.75) is 20.4 Å². The van der Waals surface area contributed by atoms with Crippen LogP contribution in [0.4, 0.5) is 5.69 Å². The van der Waals surface area contributed by atoms with Crippen molar-refractivity contribution in [2.75, 3.05) is 4.41 Å². The highest BCUT2D eigenvalue weighted by Gasteiger charge is 2.16. The normalized spacial score (nSPS) is 12.0. The molecule has 1 aromatic heterocycles. The van der Waals surface area contributed by atoms with E-state index in [1.54, 1.807) is 42.5 Å². The molecule has 1 unspecified atom stereocenters. The van der Waals surface area contributed by atoms with E-state index >= 15 is 0 Å². The van der Waals surface area contributed by atoms with Crippen molar-refractivity contribution in [2.24, 2.45) is 0 Å². The predicted molar refractivity (Wildman–Crippen MR) is 133 cm³/mol. The Labute approximate surface area is 206 Å². The predicted octanol–water partition coefficient (Wildman–Crippen LogP) is 5.06. The molecule has 33 heavy (non-hydrogen) atoms. The number of imidazole rings is 1. The number of carbonyl (C=O) groups is 1. The first kappa shape index (κ1) is 23.4. The molecule has 1 amide bonds. The molecule has 4 rings (SSSR count). The van der Waals surface area contributed by atoms with Gasteiger partial charge in [0.2, 0.25) is 0 Å². The first-order chi connectivity index (χ1) is 15.7. The lowest BCUT2D eigenvalue weighted by molar-refractivity contribution is 0.0955. The molecule has 0 saturated carbocycles. The van der Waals surface area contributed by atoms with Crippen LogP contribution >= 0.6 is 27.5 Å². The average Bonchev–Trinajstić information content (AvgIpc) is 3.08. The third kappa shape index (κ3) is 5.11. The Morgan fingerprint density at radius 3 is 2.55 bits per heavy atom. The smallest absolute Gasteiger partial charge is 0.270 e. The van der Waals surface area contributed by atoms with Crippen molar-refractivity contribution < 1.29 is 13.6 Å². The number of carbonyl (C=O) groups excluding carboxylic acids is 1. The summed E-state index contributed by atoms with van der Waals surface area (Å²) in [6.07, 6.45) is 0. The quantitative estimate of drug-likeness (QED) is 0.270. The standard InChI is InChI=1S/C23H20BrClN4O3S/c1-14-3-8-19(9-4-14)29(33(31)32)27-23(30)16-6-10-21-22(11-16)28(15(2)26-21)13-17-5-7-18(24)12-20(17)25/h3-12H,13H2,1-2H3,(H,27,30)(H,31,32)/p-1. The van der Waals surface area contributed by atoms with Crippen LogP contribution in [-0.4, -0.2) is 24.2 Å². The SMILES string of the molecule is Cc1ccc(N(NC(=O)c2ccc3nc(C)n(Cc4ccc(Br)cc4Cl)c3c2)S(=O)[O-])cc1. The maximum Gasteiger partial charge on any atom is 0.270 e. The number of anilines is 1. The van der Waals surface area contributed by atoms with Crippen LogP contribution in [-0.2, 0) is 17.8 Å². The van der Waals surface area contributed by atoms with E-state index in [0.717, 1.165) is 36.9 Å². The Bertz CT molecular complexity index is 1370. The molecule has 0 bridgehead atoms. The first-order valence-electron chi connectivity index (χ1n) is 9.91. The van der Waals surface area contributed by atoms with E-state index in [9.17, 15) is 13.6 Å². The summed E-state index contributed by atoms with van der Waals surface area (Å²) in [7, 11) is 0. The highest BCUT2D eigenvalue weighted by atomic mass is 79.9. The summed E-state index contributed by atoms with van der Waals surface area (Å²) >= 11 is 7.10. The monoisotopic (exact) mass is 545 g/mol. The average molecular weight is 547 g/mol. The van der Waals surface area contributed by atoms with Gasteiger partial charge in [0.15, 0.2) is 0 Å². The summed E-state index contributed by atoms with van der Waals surface area (Å²) < 4.78 is 27.2. The number of fused-ring (bicyclic) bond motifs is 1. The molecule has 170 valence electrons. The van der Waals surface area contributed by atoms with Crippen LogP contribution in [0, 0.1) is 13.8 Å². The number of hydrogen-bond donors (Lipinski definition) is 1. The topological polar surface area (TPSA) is 90.3 Å². The number of amides is 1. The molecule has 0 aliphatic carbocycles. The van der Waals surface area contributed by atoms with Crippen LogP contribution in [0.5, 0.6) is 0 Å². The molecule has 7 nitrogen and oxygen atoms in total. The first-order valence-corrected chi connectivity index (χ1v) is 12.1. The van der Waals surface area contributed by atoms with E-state index in [1.807, 2.05) is 36.6 Å². The number of benzene rings is 3. The fraction of sp³-hybridized carbons (Fsp3) is 0.130. The van der Waals surface area contributed by atoms with Gasteiger partial charge in [-0.2, -0.15) is 0 Å². The molecular weight excluding hydrogens is 528 g/mol. The largest absolute Gasteiger partial charge is 0.754 e. The van der Waals surface area contributed by atoms with E-state index in [-0.39, 0.29) is 0 Å². The van der Waals surface area contributed by atoms with Gasteiger partial charge in [0.05, 0.1) is 34.5 Å². The summed E-state index contributed by atoms with van der Waals surface area (Å²) in [5.74, 6) is 0.206. The summed E-state index contributed by atoms with van der Waals surface area (Å²) in [4.78, 5) is 17.5. The summed E-state index contributed by atoms with van der Waals surface area (Å²) in [5.41, 5.74) is 6.42. The third-order valence-corrected chi connectivity index (χ3v) is 6.61. The van der Waals surface area contributed by atoms with Gasteiger partial charge >= 0.3 is 0 Å². The van der Waals surface area contributed by atoms with Crippen LogP contribution in [0.1, 0.15) is 27.3 Å². The highest BCUT2D eigenvalue weighted by Crippen LogP contribution is 2.25. The number of nitrogens with one attached hydrogen (secondary N) is 1. The zero-order valence-electron chi connectivity index (χ0n) is 17.7. The molecular formula is C23H19BrClN4O3S-. The van der Waals surface area contributed by atoms with E-state index in [0.29, 0.717) is 22.8 Å². The number of hydrogen-bond acceptors (Lipinski definition) is 4. The van der Waals surface area contributed by atoms with Gasteiger partial charge in [-0.1, -0.05) is 51.3 Å². The fourth-order valence-electron chi connectivity index (χ4n) is 3.43. The lowest BCUT2D eigenvalue weighted by Crippen LogP contribution is -2.43. The van der Waals surface area contributed by atoms with Gasteiger partial charge < -0.3 is 9.12 Å². The van der Waals surface area contributed by atoms with Crippen LogP contribution in [0.15, 0.2) is 65.1 Å². The van der Waals surface area contributed by atoms with Crippen LogP contribution in [0.3, 0.4) is 0 Å². The molecule has 3 aromatic carbocycles. The number of hydrazine groups is 1. The Morgan fingerprint density at radius 1 is 1.15 bits per heavy atom. The summed E-state index contributed by atoms with van der Waals surface area (Å²) in [6.45, 7) is 4.24. The van der Waals surface area contributed by atoms with E-state index in [4.69, 9.17) is 11.6 Å². The second-order valence-corrected chi connectivity index (χ2v) is 9.59. The van der Waals surface area contributed by atoms with Gasteiger partial charge in [0, 0.05) is 15.1 Å². The molecule has 0 aliphatic rings. The molecule has 10 heteroatoms. The van der Waals surface area contributed by atoms with Crippen molar-refractivity contribution in [3.05, 3.63) is 92.7 Å². The van der Waals surface area contributed by atoms with Crippen molar-refractivity contribution in [1.29, 1.82) is 0 Å². The molecule has 0 fully saturated rings. The zero-order chi connectivity index (χ0) is 23.7. The molecule has 0 aliphatic heterocycles. The Balaban J connectivity index is 1.65. The Hall–Kier alpha value is -2.72. The number of aryl methyl sites for hydroxylation is 2. The fourth-order valence-corrected chi connectivity index (χ4v) is 4.61. The maximum absolute atomic E-state index is 12.9. The molecule has 1 N–H and O–H groups in total. The van der Waals surface area contributed by atoms with E-state index in [1.165, 1.54) is 0 Å². The summed E-state index contributed by atoms with van der Waals surface area (Å²) in [6, 6.07) is 17.5.